The predicted molar refractivity (Wildman–Crippen MR) is 53.2 cm³/mol. The van der Waals surface area contributed by atoms with Crippen LogP contribution in [0.5, 0.6) is 0 Å². The van der Waals surface area contributed by atoms with Crippen LogP contribution in [0.1, 0.15) is 6.42 Å². The van der Waals surface area contributed by atoms with Gasteiger partial charge in [0.1, 0.15) is 0 Å². The van der Waals surface area contributed by atoms with Gasteiger partial charge in [-0.25, -0.2) is 4.99 Å². The van der Waals surface area contributed by atoms with Gasteiger partial charge in [0.05, 0.1) is 11.1 Å². The zero-order chi connectivity index (χ0) is 9.26. The van der Waals surface area contributed by atoms with Crippen molar-refractivity contribution < 1.29 is 0 Å². The lowest BCUT2D eigenvalue weighted by Crippen LogP contribution is -2.21. The van der Waals surface area contributed by atoms with E-state index in [9.17, 15) is 0 Å². The van der Waals surface area contributed by atoms with Crippen molar-refractivity contribution >= 4 is 5.57 Å². The van der Waals surface area contributed by atoms with Crippen molar-refractivity contribution in [2.24, 2.45) is 4.99 Å². The van der Waals surface area contributed by atoms with Gasteiger partial charge in [-0.05, 0) is 11.6 Å². The van der Waals surface area contributed by atoms with Gasteiger partial charge < -0.3 is 0 Å². The molecule has 1 aromatic rings. The van der Waals surface area contributed by atoms with E-state index < -0.39 is 0 Å². The van der Waals surface area contributed by atoms with Crippen LogP contribution in [0.4, 0.5) is 0 Å². The van der Waals surface area contributed by atoms with E-state index in [1.54, 1.807) is 0 Å². The van der Waals surface area contributed by atoms with E-state index in [0.29, 0.717) is 6.42 Å². The predicted octanol–water partition coefficient (Wildman–Crippen LogP) is 1.01. The molecule has 1 nitrogen and oxygen atoms in total. The molecule has 0 amide bonds. The molecular weight excluding hydrogens is 158 g/mol. The summed E-state index contributed by atoms with van der Waals surface area (Å²) in [6, 6.07) is 7.96. The fourth-order valence-corrected chi connectivity index (χ4v) is 1.49. The first kappa shape index (κ1) is 7.82. The molecule has 0 saturated heterocycles. The highest BCUT2D eigenvalue weighted by atomic mass is 14.8. The first-order valence-corrected chi connectivity index (χ1v) is 4.12. The van der Waals surface area contributed by atoms with Crippen molar-refractivity contribution in [1.82, 2.24) is 0 Å². The minimum absolute atomic E-state index is 0.610. The van der Waals surface area contributed by atoms with E-state index in [-0.39, 0.29) is 0 Å². The van der Waals surface area contributed by atoms with Gasteiger partial charge >= 0.3 is 0 Å². The van der Waals surface area contributed by atoms with E-state index in [2.05, 4.69) is 17.5 Å². The van der Waals surface area contributed by atoms with E-state index in [0.717, 1.165) is 21.8 Å². The molecule has 0 atom stereocenters. The number of nitrogens with zero attached hydrogens (tertiary/aromatic N) is 1. The minimum atomic E-state index is 0.610. The van der Waals surface area contributed by atoms with Crippen LogP contribution in [0.3, 0.4) is 0 Å². The van der Waals surface area contributed by atoms with Gasteiger partial charge in [0.2, 0.25) is 0 Å². The Kier molecular flexibility index (Phi) is 1.75. The molecule has 0 unspecified atom stereocenters. The number of hydrogen-bond acceptors (Lipinski definition) is 1. The van der Waals surface area contributed by atoms with E-state index in [1.165, 1.54) is 0 Å². The number of fused-ring (bicyclic) bond motifs is 1. The molecule has 0 N–H and O–H groups in total. The first-order chi connectivity index (χ1) is 6.33. The Hall–Kier alpha value is -1.81. The van der Waals surface area contributed by atoms with Crippen molar-refractivity contribution in [3.05, 3.63) is 47.1 Å². The quantitative estimate of drug-likeness (QED) is 0.553. The van der Waals surface area contributed by atoms with Gasteiger partial charge in [0.15, 0.2) is 0 Å². The second kappa shape index (κ2) is 2.91. The number of rotatable bonds is 1. The SMILES string of the molecule is C#CCC1=c2ccccc2=NC1=C. The lowest BCUT2D eigenvalue weighted by atomic mass is 10.1. The summed E-state index contributed by atoms with van der Waals surface area (Å²) in [6.07, 6.45) is 5.88. The third-order valence-corrected chi connectivity index (χ3v) is 2.11. The molecule has 0 saturated carbocycles. The largest absolute Gasteiger partial charge is 0.249 e. The molecule has 0 spiro atoms. The lowest BCUT2D eigenvalue weighted by molar-refractivity contribution is 1.32. The zero-order valence-electron chi connectivity index (χ0n) is 7.25. The van der Waals surface area contributed by atoms with Crippen LogP contribution >= 0.6 is 0 Å². The van der Waals surface area contributed by atoms with Gasteiger partial charge in [-0.2, -0.15) is 0 Å². The Morgan fingerprint density at radius 2 is 2.15 bits per heavy atom. The summed E-state index contributed by atoms with van der Waals surface area (Å²) < 4.78 is 0. The second-order valence-corrected chi connectivity index (χ2v) is 2.94. The third-order valence-electron chi connectivity index (χ3n) is 2.11. The summed E-state index contributed by atoms with van der Waals surface area (Å²) in [5, 5.41) is 2.11. The Balaban J connectivity index is 2.78. The topological polar surface area (TPSA) is 12.4 Å². The highest BCUT2D eigenvalue weighted by Crippen LogP contribution is 2.13. The average Bonchev–Trinajstić information content (AvgIpc) is 2.44. The molecule has 62 valence electrons. The number of para-hydroxylation sites is 1. The summed E-state index contributed by atoms with van der Waals surface area (Å²) in [7, 11) is 0. The summed E-state index contributed by atoms with van der Waals surface area (Å²) in [5.74, 6) is 2.62. The monoisotopic (exact) mass is 167 g/mol. The highest BCUT2D eigenvalue weighted by molar-refractivity contribution is 5.66. The molecule has 1 aliphatic heterocycles. The van der Waals surface area contributed by atoms with E-state index >= 15 is 0 Å². The third kappa shape index (κ3) is 1.17. The van der Waals surface area contributed by atoms with Crippen LogP contribution < -0.4 is 10.6 Å². The molecule has 2 rings (SSSR count). The number of terminal acetylenes is 1. The number of hydrogen-bond donors (Lipinski definition) is 0. The normalized spacial score (nSPS) is 13.5. The van der Waals surface area contributed by atoms with Crippen molar-refractivity contribution in [2.75, 3.05) is 0 Å². The maximum Gasteiger partial charge on any atom is 0.0713 e. The molecule has 0 radical (unpaired) electrons. The van der Waals surface area contributed by atoms with Gasteiger partial charge in [-0.1, -0.05) is 24.8 Å². The van der Waals surface area contributed by atoms with Crippen LogP contribution in [0.2, 0.25) is 0 Å². The van der Waals surface area contributed by atoms with Crippen molar-refractivity contribution in [1.29, 1.82) is 0 Å². The molecular formula is C12H9N. The number of allylic oxidation sites excluding steroid dienone is 1. The Morgan fingerprint density at radius 3 is 2.92 bits per heavy atom. The summed E-state index contributed by atoms with van der Waals surface area (Å²) >= 11 is 0. The molecule has 0 aliphatic carbocycles. The molecule has 0 bridgehead atoms. The molecule has 1 aromatic carbocycles. The molecule has 1 heterocycles. The van der Waals surface area contributed by atoms with Crippen LogP contribution in [-0.2, 0) is 0 Å². The summed E-state index contributed by atoms with van der Waals surface area (Å²) in [6.45, 7) is 3.87. The summed E-state index contributed by atoms with van der Waals surface area (Å²) in [5.41, 5.74) is 1.89. The highest BCUT2D eigenvalue weighted by Gasteiger charge is 2.08. The van der Waals surface area contributed by atoms with Crippen LogP contribution in [0, 0.1) is 12.3 Å². The standard InChI is InChI=1S/C12H9N/c1-3-6-10-9(2)13-12-8-5-4-7-11(10)12/h1,4-5,7-8H,2,6H2. The zero-order valence-corrected chi connectivity index (χ0v) is 7.25. The maximum absolute atomic E-state index is 5.27. The van der Waals surface area contributed by atoms with Crippen molar-refractivity contribution in [3.63, 3.8) is 0 Å². The molecule has 1 aliphatic rings. The van der Waals surface area contributed by atoms with Gasteiger partial charge in [-0.15, -0.1) is 12.3 Å². The molecule has 1 heteroatoms. The molecule has 0 aromatic heterocycles. The Morgan fingerprint density at radius 1 is 1.38 bits per heavy atom. The fourth-order valence-electron chi connectivity index (χ4n) is 1.49. The van der Waals surface area contributed by atoms with Crippen LogP contribution in [-0.4, -0.2) is 0 Å². The molecule has 0 fully saturated rings. The lowest BCUT2D eigenvalue weighted by Gasteiger charge is -1.94. The molecule has 13 heavy (non-hydrogen) atoms. The fraction of sp³-hybridized carbons (Fsp3) is 0.0833. The van der Waals surface area contributed by atoms with Gasteiger partial charge in [0.25, 0.3) is 0 Å². The maximum atomic E-state index is 5.27. The smallest absolute Gasteiger partial charge is 0.0713 e. The minimum Gasteiger partial charge on any atom is -0.249 e. The van der Waals surface area contributed by atoms with Crippen molar-refractivity contribution in [2.45, 2.75) is 6.42 Å². The van der Waals surface area contributed by atoms with E-state index in [1.807, 2.05) is 24.3 Å². The van der Waals surface area contributed by atoms with Gasteiger partial charge in [0, 0.05) is 11.6 Å². The van der Waals surface area contributed by atoms with Crippen LogP contribution in [0.15, 0.2) is 41.5 Å². The Bertz CT molecular complexity index is 515. The average molecular weight is 167 g/mol. The van der Waals surface area contributed by atoms with Gasteiger partial charge in [-0.3, -0.25) is 0 Å². The number of benzene rings is 1. The first-order valence-electron chi connectivity index (χ1n) is 4.12. The van der Waals surface area contributed by atoms with Crippen molar-refractivity contribution in [3.8, 4) is 12.3 Å². The van der Waals surface area contributed by atoms with Crippen LogP contribution in [0.25, 0.3) is 5.57 Å². The Labute approximate surface area is 77.1 Å². The summed E-state index contributed by atoms with van der Waals surface area (Å²) in [4.78, 5) is 4.33. The second-order valence-electron chi connectivity index (χ2n) is 2.94. The van der Waals surface area contributed by atoms with E-state index in [4.69, 9.17) is 6.42 Å².